The van der Waals surface area contributed by atoms with Crippen molar-refractivity contribution < 1.29 is 0 Å². The van der Waals surface area contributed by atoms with Gasteiger partial charge in [-0.1, -0.05) is 24.3 Å². The molecule has 0 spiro atoms. The molecule has 1 aromatic carbocycles. The van der Waals surface area contributed by atoms with E-state index in [4.69, 9.17) is 0 Å². The van der Waals surface area contributed by atoms with Gasteiger partial charge >= 0.3 is 0 Å². The highest BCUT2D eigenvalue weighted by molar-refractivity contribution is 5.37. The van der Waals surface area contributed by atoms with Crippen LogP contribution in [0.4, 0.5) is 0 Å². The van der Waals surface area contributed by atoms with Gasteiger partial charge in [0.15, 0.2) is 0 Å². The summed E-state index contributed by atoms with van der Waals surface area (Å²) in [5.74, 6) is 2.71. The van der Waals surface area contributed by atoms with Gasteiger partial charge in [-0.3, -0.25) is 0 Å². The lowest BCUT2D eigenvalue weighted by molar-refractivity contribution is 0.206. The first-order valence-electron chi connectivity index (χ1n) is 8.81. The highest BCUT2D eigenvalue weighted by atomic mass is 15.1. The topological polar surface area (TPSA) is 21.9 Å². The standard InChI is InChI=1S/C20H27N/c1-2-14-3-5-15(6-4-14)16-7-8-18-12-19(20-13-21-20)10-9-17(18)11-16/h2,9-10,12,14-16,20-21H,1,3-8,11,13H2/t14?,15?,16?,20-/m0/s1. The number of hydrogen-bond donors (Lipinski definition) is 1. The SMILES string of the molecule is C=CC1CCC(C2CCc3cc([C@@H]4CN4)ccc3C2)CC1. The van der Waals surface area contributed by atoms with Crippen LogP contribution in [0.5, 0.6) is 0 Å². The second kappa shape index (κ2) is 5.61. The second-order valence-electron chi connectivity index (χ2n) is 7.40. The van der Waals surface area contributed by atoms with Crippen molar-refractivity contribution in [2.45, 2.75) is 51.0 Å². The number of fused-ring (bicyclic) bond motifs is 1. The van der Waals surface area contributed by atoms with E-state index in [2.05, 4.69) is 36.2 Å². The molecule has 0 bridgehead atoms. The molecule has 2 fully saturated rings. The monoisotopic (exact) mass is 281 g/mol. The largest absolute Gasteiger partial charge is 0.307 e. The second-order valence-corrected chi connectivity index (χ2v) is 7.40. The number of nitrogens with one attached hydrogen (secondary N) is 1. The molecule has 4 rings (SSSR count). The quantitative estimate of drug-likeness (QED) is 0.642. The molecule has 1 saturated heterocycles. The Bertz CT molecular complexity index is 521. The maximum Gasteiger partial charge on any atom is 0.0447 e. The molecular weight excluding hydrogens is 254 g/mol. The van der Waals surface area contributed by atoms with Crippen LogP contribution in [0, 0.1) is 17.8 Å². The summed E-state index contributed by atoms with van der Waals surface area (Å²) in [6, 6.07) is 7.92. The summed E-state index contributed by atoms with van der Waals surface area (Å²) >= 11 is 0. The zero-order valence-corrected chi connectivity index (χ0v) is 13.0. The Labute approximate surface area is 128 Å². The summed E-state index contributed by atoms with van der Waals surface area (Å²) in [6.07, 6.45) is 11.9. The van der Waals surface area contributed by atoms with Gasteiger partial charge in [0, 0.05) is 12.6 Å². The van der Waals surface area contributed by atoms with Crippen molar-refractivity contribution in [3.8, 4) is 0 Å². The average molecular weight is 281 g/mol. The first kappa shape index (κ1) is 13.6. The first-order chi connectivity index (χ1) is 10.3. The predicted octanol–water partition coefficient (Wildman–Crippen LogP) is 4.43. The van der Waals surface area contributed by atoms with Gasteiger partial charge in [0.2, 0.25) is 0 Å². The van der Waals surface area contributed by atoms with E-state index in [1.165, 1.54) is 57.1 Å². The molecule has 1 nitrogen and oxygen atoms in total. The molecule has 3 aliphatic rings. The van der Waals surface area contributed by atoms with E-state index < -0.39 is 0 Å². The fraction of sp³-hybridized carbons (Fsp3) is 0.600. The van der Waals surface area contributed by atoms with E-state index >= 15 is 0 Å². The van der Waals surface area contributed by atoms with E-state index in [1.54, 1.807) is 11.1 Å². The molecular formula is C20H27N. The van der Waals surface area contributed by atoms with Gasteiger partial charge in [0.05, 0.1) is 0 Å². The molecule has 0 amide bonds. The van der Waals surface area contributed by atoms with E-state index in [0.29, 0.717) is 6.04 Å². The van der Waals surface area contributed by atoms with Crippen molar-refractivity contribution in [1.82, 2.24) is 5.32 Å². The van der Waals surface area contributed by atoms with Crippen LogP contribution in [0.25, 0.3) is 0 Å². The zero-order valence-electron chi connectivity index (χ0n) is 13.0. The minimum absolute atomic E-state index is 0.655. The van der Waals surface area contributed by atoms with Crippen LogP contribution in [0.2, 0.25) is 0 Å². The summed E-state index contributed by atoms with van der Waals surface area (Å²) < 4.78 is 0. The van der Waals surface area contributed by atoms with Crippen LogP contribution < -0.4 is 5.32 Å². The molecule has 1 N–H and O–H groups in total. The Balaban J connectivity index is 1.43. The van der Waals surface area contributed by atoms with Gasteiger partial charge in [-0.2, -0.15) is 0 Å². The van der Waals surface area contributed by atoms with Crippen LogP contribution in [0.15, 0.2) is 30.9 Å². The van der Waals surface area contributed by atoms with E-state index in [1.807, 2.05) is 0 Å². The highest BCUT2D eigenvalue weighted by Gasteiger charge is 2.30. The summed E-state index contributed by atoms with van der Waals surface area (Å²) in [5.41, 5.74) is 4.79. The van der Waals surface area contributed by atoms with Crippen LogP contribution in [0.1, 0.15) is 54.8 Å². The Kier molecular flexibility index (Phi) is 3.62. The van der Waals surface area contributed by atoms with Crippen LogP contribution in [0.3, 0.4) is 0 Å². The Hall–Kier alpha value is -1.08. The fourth-order valence-electron chi connectivity index (χ4n) is 4.57. The van der Waals surface area contributed by atoms with Crippen LogP contribution in [-0.4, -0.2) is 6.54 Å². The van der Waals surface area contributed by atoms with E-state index in [-0.39, 0.29) is 0 Å². The minimum Gasteiger partial charge on any atom is -0.307 e. The first-order valence-corrected chi connectivity index (χ1v) is 8.81. The number of hydrogen-bond acceptors (Lipinski definition) is 1. The van der Waals surface area contributed by atoms with Crippen molar-refractivity contribution in [3.63, 3.8) is 0 Å². The molecule has 112 valence electrons. The van der Waals surface area contributed by atoms with Crippen LogP contribution in [-0.2, 0) is 12.8 Å². The van der Waals surface area contributed by atoms with Crippen molar-refractivity contribution in [1.29, 1.82) is 0 Å². The molecule has 1 heteroatoms. The summed E-state index contributed by atoms with van der Waals surface area (Å²) in [6.45, 7) is 5.15. The molecule has 21 heavy (non-hydrogen) atoms. The third-order valence-corrected chi connectivity index (χ3v) is 6.12. The minimum atomic E-state index is 0.655. The smallest absolute Gasteiger partial charge is 0.0447 e. The van der Waals surface area contributed by atoms with Gasteiger partial charge in [-0.15, -0.1) is 6.58 Å². The normalized spacial score (nSPS) is 35.0. The third-order valence-electron chi connectivity index (χ3n) is 6.12. The maximum atomic E-state index is 3.97. The van der Waals surface area contributed by atoms with Crippen molar-refractivity contribution in [3.05, 3.63) is 47.5 Å². The predicted molar refractivity (Wildman–Crippen MR) is 88.3 cm³/mol. The number of aryl methyl sites for hydroxylation is 1. The summed E-state index contributed by atoms with van der Waals surface area (Å²) in [5, 5.41) is 3.42. The number of benzene rings is 1. The Morgan fingerprint density at radius 3 is 2.52 bits per heavy atom. The number of allylic oxidation sites excluding steroid dienone is 1. The van der Waals surface area contributed by atoms with Crippen molar-refractivity contribution >= 4 is 0 Å². The average Bonchev–Trinajstić information content (AvgIpc) is 3.39. The molecule has 2 aliphatic carbocycles. The van der Waals surface area contributed by atoms with Crippen molar-refractivity contribution in [2.24, 2.45) is 17.8 Å². The molecule has 1 unspecified atom stereocenters. The molecule has 1 aromatic rings. The van der Waals surface area contributed by atoms with Crippen LogP contribution >= 0.6 is 0 Å². The molecule has 1 saturated carbocycles. The summed E-state index contributed by atoms with van der Waals surface area (Å²) in [7, 11) is 0. The number of rotatable bonds is 3. The lowest BCUT2D eigenvalue weighted by Gasteiger charge is -2.36. The van der Waals surface area contributed by atoms with Gasteiger partial charge in [0.25, 0.3) is 0 Å². The zero-order chi connectivity index (χ0) is 14.2. The lowest BCUT2D eigenvalue weighted by atomic mass is 9.69. The molecule has 0 aromatic heterocycles. The molecule has 1 aliphatic heterocycles. The highest BCUT2D eigenvalue weighted by Crippen LogP contribution is 2.40. The molecule has 0 radical (unpaired) electrons. The van der Waals surface area contributed by atoms with E-state index in [9.17, 15) is 0 Å². The molecule has 2 atom stereocenters. The fourth-order valence-corrected chi connectivity index (χ4v) is 4.57. The van der Waals surface area contributed by atoms with Gasteiger partial charge in [0.1, 0.15) is 0 Å². The van der Waals surface area contributed by atoms with Gasteiger partial charge in [-0.25, -0.2) is 0 Å². The maximum absolute atomic E-state index is 3.97. The molecule has 1 heterocycles. The van der Waals surface area contributed by atoms with E-state index in [0.717, 1.165) is 17.8 Å². The third kappa shape index (κ3) is 2.81. The lowest BCUT2D eigenvalue weighted by Crippen LogP contribution is -2.26. The Morgan fingerprint density at radius 1 is 1.00 bits per heavy atom. The van der Waals surface area contributed by atoms with Gasteiger partial charge < -0.3 is 5.32 Å². The Morgan fingerprint density at radius 2 is 1.81 bits per heavy atom. The van der Waals surface area contributed by atoms with Crippen molar-refractivity contribution in [2.75, 3.05) is 6.54 Å². The summed E-state index contributed by atoms with van der Waals surface area (Å²) in [4.78, 5) is 0. The van der Waals surface area contributed by atoms with Gasteiger partial charge in [-0.05, 0) is 79.4 Å².